The first-order valence-electron chi connectivity index (χ1n) is 10.7. The molecule has 10 nitrogen and oxygen atoms in total. The standard InChI is InChI=1S/C23H23N7O3S/c1-15-11-21(30-19-6-4-3-5-18(19)26-23(30)17(15)13-24)28-7-9-29(10-8-28)34(32,33)16-12-20(22(25)31)27(2)14-16/h3-6,11-12,14H,7-10H2,1-2H3,(H2,25,31). The number of amides is 1. The van der Waals surface area contributed by atoms with E-state index < -0.39 is 15.9 Å². The minimum absolute atomic E-state index is 0.0504. The number of nitriles is 1. The zero-order valence-corrected chi connectivity index (χ0v) is 19.6. The van der Waals surface area contributed by atoms with Crippen LogP contribution >= 0.6 is 0 Å². The SMILES string of the molecule is Cc1cc(N2CCN(S(=O)(=O)c3cc(C(N)=O)n(C)c3)CC2)n2c(nc3ccccc32)c1C#N. The number of benzene rings is 1. The summed E-state index contributed by atoms with van der Waals surface area (Å²) >= 11 is 0. The second kappa shape index (κ2) is 7.86. The number of aryl methyl sites for hydroxylation is 2. The number of nitrogens with two attached hydrogens (primary N) is 1. The van der Waals surface area contributed by atoms with Gasteiger partial charge in [-0.25, -0.2) is 13.4 Å². The molecule has 11 heteroatoms. The third kappa shape index (κ3) is 3.30. The van der Waals surface area contributed by atoms with Crippen LogP contribution in [0.5, 0.6) is 0 Å². The summed E-state index contributed by atoms with van der Waals surface area (Å²) in [5.74, 6) is 0.189. The summed E-state index contributed by atoms with van der Waals surface area (Å²) in [5.41, 5.74) is 9.10. The number of aromatic nitrogens is 3. The molecule has 1 aromatic carbocycles. The number of primary amides is 1. The Morgan fingerprint density at radius 2 is 1.85 bits per heavy atom. The van der Waals surface area contributed by atoms with Crippen molar-refractivity contribution in [2.75, 3.05) is 31.1 Å². The number of anilines is 1. The molecule has 0 aliphatic carbocycles. The molecule has 34 heavy (non-hydrogen) atoms. The summed E-state index contributed by atoms with van der Waals surface area (Å²) in [5, 5.41) is 9.71. The number of hydrogen-bond acceptors (Lipinski definition) is 6. The first-order valence-corrected chi connectivity index (χ1v) is 12.2. The van der Waals surface area contributed by atoms with Gasteiger partial charge in [0.1, 0.15) is 22.5 Å². The van der Waals surface area contributed by atoms with Gasteiger partial charge in [0, 0.05) is 39.4 Å². The largest absolute Gasteiger partial charge is 0.364 e. The number of rotatable bonds is 4. The Kier molecular flexibility index (Phi) is 5.07. The minimum atomic E-state index is -3.77. The molecule has 4 heterocycles. The van der Waals surface area contributed by atoms with E-state index in [2.05, 4.69) is 16.0 Å². The fraction of sp³-hybridized carbons (Fsp3) is 0.261. The van der Waals surface area contributed by atoms with E-state index in [1.165, 1.54) is 21.1 Å². The lowest BCUT2D eigenvalue weighted by Crippen LogP contribution is -2.49. The van der Waals surface area contributed by atoms with Gasteiger partial charge in [-0.1, -0.05) is 12.1 Å². The van der Waals surface area contributed by atoms with Crippen LogP contribution < -0.4 is 10.6 Å². The maximum atomic E-state index is 13.2. The van der Waals surface area contributed by atoms with E-state index in [9.17, 15) is 18.5 Å². The van der Waals surface area contributed by atoms with Gasteiger partial charge in [0.05, 0.1) is 16.6 Å². The van der Waals surface area contributed by atoms with Crippen molar-refractivity contribution < 1.29 is 13.2 Å². The molecule has 0 unspecified atom stereocenters. The number of sulfonamides is 1. The Balaban J connectivity index is 1.49. The van der Waals surface area contributed by atoms with Crippen molar-refractivity contribution in [3.8, 4) is 6.07 Å². The van der Waals surface area contributed by atoms with E-state index in [4.69, 9.17) is 5.73 Å². The lowest BCUT2D eigenvalue weighted by atomic mass is 10.1. The number of carbonyl (C=O) groups is 1. The second-order valence-electron chi connectivity index (χ2n) is 8.36. The van der Waals surface area contributed by atoms with Crippen LogP contribution in [-0.2, 0) is 17.1 Å². The summed E-state index contributed by atoms with van der Waals surface area (Å²) < 4.78 is 31.2. The van der Waals surface area contributed by atoms with Crippen LogP contribution in [0.3, 0.4) is 0 Å². The van der Waals surface area contributed by atoms with Crippen molar-refractivity contribution in [2.45, 2.75) is 11.8 Å². The molecule has 5 rings (SSSR count). The average molecular weight is 478 g/mol. The van der Waals surface area contributed by atoms with Crippen molar-refractivity contribution in [3.05, 3.63) is 59.4 Å². The zero-order chi connectivity index (χ0) is 24.2. The molecule has 1 fully saturated rings. The number of hydrogen-bond donors (Lipinski definition) is 1. The summed E-state index contributed by atoms with van der Waals surface area (Å²) in [6, 6.07) is 13.2. The molecule has 0 atom stereocenters. The fourth-order valence-electron chi connectivity index (χ4n) is 4.53. The van der Waals surface area contributed by atoms with Crippen molar-refractivity contribution in [1.29, 1.82) is 5.26 Å². The number of nitrogens with zero attached hydrogens (tertiary/aromatic N) is 6. The van der Waals surface area contributed by atoms with Crippen molar-refractivity contribution in [3.63, 3.8) is 0 Å². The van der Waals surface area contributed by atoms with Crippen LogP contribution in [0.15, 0.2) is 47.5 Å². The van der Waals surface area contributed by atoms with E-state index in [0.717, 1.165) is 22.4 Å². The van der Waals surface area contributed by atoms with Gasteiger partial charge in [0.25, 0.3) is 5.91 Å². The third-order valence-electron chi connectivity index (χ3n) is 6.30. The van der Waals surface area contributed by atoms with Gasteiger partial charge in [-0.05, 0) is 36.8 Å². The van der Waals surface area contributed by atoms with E-state index in [-0.39, 0.29) is 23.7 Å². The molecule has 1 amide bonds. The Hall–Kier alpha value is -3.88. The zero-order valence-electron chi connectivity index (χ0n) is 18.8. The fourth-order valence-corrected chi connectivity index (χ4v) is 6.02. The Morgan fingerprint density at radius 3 is 2.50 bits per heavy atom. The van der Waals surface area contributed by atoms with E-state index >= 15 is 0 Å². The monoisotopic (exact) mass is 477 g/mol. The molecular formula is C23H23N7O3S. The van der Waals surface area contributed by atoms with Gasteiger partial charge in [0.2, 0.25) is 10.0 Å². The number of pyridine rings is 1. The van der Waals surface area contributed by atoms with Gasteiger partial charge in [0.15, 0.2) is 5.65 Å². The normalized spacial score (nSPS) is 15.1. The van der Waals surface area contributed by atoms with Crippen molar-refractivity contribution in [1.82, 2.24) is 18.3 Å². The number of para-hydroxylation sites is 2. The summed E-state index contributed by atoms with van der Waals surface area (Å²) in [4.78, 5) is 18.4. The highest BCUT2D eigenvalue weighted by Gasteiger charge is 2.31. The minimum Gasteiger partial charge on any atom is -0.364 e. The maximum Gasteiger partial charge on any atom is 0.265 e. The molecule has 1 aliphatic heterocycles. The van der Waals surface area contributed by atoms with Crippen molar-refractivity contribution in [2.24, 2.45) is 12.8 Å². The summed E-state index contributed by atoms with van der Waals surface area (Å²) in [6.45, 7) is 3.35. The highest BCUT2D eigenvalue weighted by atomic mass is 32.2. The predicted molar refractivity (Wildman–Crippen MR) is 127 cm³/mol. The van der Waals surface area contributed by atoms with Gasteiger partial charge in [-0.2, -0.15) is 9.57 Å². The summed E-state index contributed by atoms with van der Waals surface area (Å²) in [7, 11) is -2.18. The van der Waals surface area contributed by atoms with E-state index in [1.54, 1.807) is 7.05 Å². The van der Waals surface area contributed by atoms with E-state index in [1.807, 2.05) is 41.7 Å². The molecule has 0 radical (unpaired) electrons. The highest BCUT2D eigenvalue weighted by Crippen LogP contribution is 2.30. The average Bonchev–Trinajstić information content (AvgIpc) is 3.40. The Labute approximate surface area is 196 Å². The Morgan fingerprint density at radius 1 is 1.15 bits per heavy atom. The first kappa shape index (κ1) is 21.9. The van der Waals surface area contributed by atoms with Crippen molar-refractivity contribution >= 4 is 38.4 Å². The van der Waals surface area contributed by atoms with Crippen LogP contribution in [0.4, 0.5) is 5.82 Å². The van der Waals surface area contributed by atoms with Crippen LogP contribution in [0.25, 0.3) is 16.7 Å². The highest BCUT2D eigenvalue weighted by molar-refractivity contribution is 7.89. The van der Waals surface area contributed by atoms with Crippen LogP contribution in [0.1, 0.15) is 21.6 Å². The van der Waals surface area contributed by atoms with E-state index in [0.29, 0.717) is 24.3 Å². The lowest BCUT2D eigenvalue weighted by Gasteiger charge is -2.35. The topological polar surface area (TPSA) is 130 Å². The smallest absolute Gasteiger partial charge is 0.265 e. The Bertz CT molecular complexity index is 1600. The number of carbonyl (C=O) groups excluding carboxylic acids is 1. The molecule has 3 aromatic heterocycles. The van der Waals surface area contributed by atoms with Gasteiger partial charge >= 0.3 is 0 Å². The number of imidazole rings is 1. The predicted octanol–water partition coefficient (Wildman–Crippen LogP) is 1.62. The molecule has 174 valence electrons. The molecule has 0 bridgehead atoms. The molecule has 1 aliphatic rings. The number of piperazine rings is 1. The quantitative estimate of drug-likeness (QED) is 0.475. The third-order valence-corrected chi connectivity index (χ3v) is 8.16. The maximum absolute atomic E-state index is 13.2. The molecule has 0 spiro atoms. The van der Waals surface area contributed by atoms with Gasteiger partial charge < -0.3 is 15.2 Å². The molecule has 1 saturated heterocycles. The van der Waals surface area contributed by atoms with Crippen LogP contribution in [-0.4, -0.2) is 58.8 Å². The van der Waals surface area contributed by atoms with Gasteiger partial charge in [-0.15, -0.1) is 0 Å². The molecule has 2 N–H and O–H groups in total. The van der Waals surface area contributed by atoms with Crippen LogP contribution in [0, 0.1) is 18.3 Å². The second-order valence-corrected chi connectivity index (χ2v) is 10.3. The summed E-state index contributed by atoms with van der Waals surface area (Å²) in [6.07, 6.45) is 1.41. The molecular weight excluding hydrogens is 454 g/mol. The first-order chi connectivity index (χ1) is 16.2. The molecule has 0 saturated carbocycles. The lowest BCUT2D eigenvalue weighted by molar-refractivity contribution is 0.0992. The number of fused-ring (bicyclic) bond motifs is 3. The molecule has 4 aromatic rings. The van der Waals surface area contributed by atoms with Crippen LogP contribution in [0.2, 0.25) is 0 Å². The van der Waals surface area contributed by atoms with Gasteiger partial charge in [-0.3, -0.25) is 9.20 Å².